The van der Waals surface area contributed by atoms with Crippen LogP contribution in [0.1, 0.15) is 20.8 Å². The van der Waals surface area contributed by atoms with Gasteiger partial charge in [0, 0.05) is 5.54 Å². The van der Waals surface area contributed by atoms with Crippen LogP contribution in [-0.4, -0.2) is 64.2 Å². The van der Waals surface area contributed by atoms with Crippen molar-refractivity contribution in [1.29, 1.82) is 0 Å². The van der Waals surface area contributed by atoms with Crippen LogP contribution in [0, 0.1) is 0 Å². The smallest absolute Gasteiger partial charge is 0.321 e. The first-order valence-electron chi connectivity index (χ1n) is 5.77. The van der Waals surface area contributed by atoms with E-state index in [1.165, 1.54) is 0 Å². The summed E-state index contributed by atoms with van der Waals surface area (Å²) in [7, 11) is 0. The Morgan fingerprint density at radius 2 is 1.40 bits per heavy atom. The molecule has 114 valence electrons. The molecule has 0 rings (SSSR count). The minimum atomic E-state index is -1.27. The third-order valence-corrected chi connectivity index (χ3v) is 1.83. The van der Waals surface area contributed by atoms with E-state index in [1.807, 2.05) is 5.32 Å². The molecule has 0 aromatic carbocycles. The van der Waals surface area contributed by atoms with Crippen molar-refractivity contribution in [2.75, 3.05) is 19.6 Å². The Morgan fingerprint density at radius 3 is 1.75 bits per heavy atom. The normalized spacial score (nSPS) is 11.0. The van der Waals surface area contributed by atoms with E-state index in [0.29, 0.717) is 0 Å². The molecule has 4 N–H and O–H groups in total. The maximum Gasteiger partial charge on any atom is 0.321 e. The molecule has 0 aliphatic carbocycles. The first kappa shape index (κ1) is 17.8. The SMILES string of the molecule is CC(C)(C)NC(=O)NC(=O)CN(CC(=O)O)CC(=O)O. The monoisotopic (exact) mass is 289 g/mol. The quantitative estimate of drug-likeness (QED) is 0.496. The molecular formula is C11H19N3O6. The van der Waals surface area contributed by atoms with Crippen molar-refractivity contribution in [3.05, 3.63) is 0 Å². The van der Waals surface area contributed by atoms with Crippen LogP contribution >= 0.6 is 0 Å². The average Bonchev–Trinajstić information content (AvgIpc) is 2.09. The number of imide groups is 1. The maximum atomic E-state index is 11.5. The van der Waals surface area contributed by atoms with Gasteiger partial charge in [-0.15, -0.1) is 0 Å². The largest absolute Gasteiger partial charge is 0.480 e. The second kappa shape index (κ2) is 7.43. The minimum Gasteiger partial charge on any atom is -0.480 e. The number of nitrogens with zero attached hydrogens (tertiary/aromatic N) is 1. The zero-order chi connectivity index (χ0) is 15.9. The standard InChI is InChI=1S/C11H19N3O6/c1-11(2,3)13-10(20)12-7(15)4-14(5-8(16)17)6-9(18)19/h4-6H2,1-3H3,(H,16,17)(H,18,19)(H2,12,13,15,20). The van der Waals surface area contributed by atoms with E-state index in [1.54, 1.807) is 20.8 Å². The average molecular weight is 289 g/mol. The molecule has 0 bridgehead atoms. The minimum absolute atomic E-state index is 0.504. The molecule has 3 amide bonds. The third kappa shape index (κ3) is 9.83. The Bertz CT molecular complexity index is 385. The first-order chi connectivity index (χ1) is 8.99. The van der Waals surface area contributed by atoms with Gasteiger partial charge in [-0.2, -0.15) is 0 Å². The number of hydrogen-bond acceptors (Lipinski definition) is 5. The molecule has 0 atom stereocenters. The number of carboxylic acids is 2. The predicted molar refractivity (Wildman–Crippen MR) is 68.1 cm³/mol. The van der Waals surface area contributed by atoms with E-state index in [2.05, 4.69) is 5.32 Å². The lowest BCUT2D eigenvalue weighted by Crippen LogP contribution is -2.51. The summed E-state index contributed by atoms with van der Waals surface area (Å²) in [5.74, 6) is -3.31. The zero-order valence-electron chi connectivity index (χ0n) is 11.6. The molecule has 0 aliphatic heterocycles. The molecule has 0 aromatic rings. The number of rotatable bonds is 6. The number of carbonyl (C=O) groups excluding carboxylic acids is 2. The molecule has 0 fully saturated rings. The van der Waals surface area contributed by atoms with Crippen LogP contribution in [0.5, 0.6) is 0 Å². The Labute approximate surface area is 115 Å². The van der Waals surface area contributed by atoms with E-state index in [4.69, 9.17) is 10.2 Å². The van der Waals surface area contributed by atoms with Gasteiger partial charge in [-0.25, -0.2) is 4.79 Å². The molecule has 0 heterocycles. The molecule has 0 aliphatic rings. The van der Waals surface area contributed by atoms with Crippen molar-refractivity contribution < 1.29 is 29.4 Å². The third-order valence-electron chi connectivity index (χ3n) is 1.83. The lowest BCUT2D eigenvalue weighted by atomic mass is 10.1. The number of carboxylic acid groups (broad SMARTS) is 2. The summed E-state index contributed by atoms with van der Waals surface area (Å²) >= 11 is 0. The summed E-state index contributed by atoms with van der Waals surface area (Å²) in [4.78, 5) is 44.9. The summed E-state index contributed by atoms with van der Waals surface area (Å²) < 4.78 is 0. The Hall–Kier alpha value is -2.16. The van der Waals surface area contributed by atoms with Crippen molar-refractivity contribution in [2.24, 2.45) is 0 Å². The van der Waals surface area contributed by atoms with Crippen molar-refractivity contribution in [3.8, 4) is 0 Å². The lowest BCUT2D eigenvalue weighted by Gasteiger charge is -2.21. The number of aliphatic carboxylic acids is 2. The molecule has 0 radical (unpaired) electrons. The van der Waals surface area contributed by atoms with Crippen molar-refractivity contribution in [3.63, 3.8) is 0 Å². The molecule has 0 aromatic heterocycles. The fourth-order valence-electron chi connectivity index (χ4n) is 1.29. The molecule has 0 saturated carbocycles. The van der Waals surface area contributed by atoms with Gasteiger partial charge >= 0.3 is 18.0 Å². The van der Waals surface area contributed by atoms with Crippen LogP contribution in [0.25, 0.3) is 0 Å². The highest BCUT2D eigenvalue weighted by atomic mass is 16.4. The molecule has 0 unspecified atom stereocenters. The van der Waals surface area contributed by atoms with Crippen LogP contribution in [0.4, 0.5) is 4.79 Å². The van der Waals surface area contributed by atoms with Crippen LogP contribution in [0.2, 0.25) is 0 Å². The molecule has 20 heavy (non-hydrogen) atoms. The highest BCUT2D eigenvalue weighted by Gasteiger charge is 2.20. The van der Waals surface area contributed by atoms with Gasteiger partial charge in [0.2, 0.25) is 5.91 Å². The number of amides is 3. The summed E-state index contributed by atoms with van der Waals surface area (Å²) in [6.45, 7) is 3.44. The van der Waals surface area contributed by atoms with Gasteiger partial charge < -0.3 is 15.5 Å². The van der Waals surface area contributed by atoms with Crippen molar-refractivity contribution >= 4 is 23.9 Å². The zero-order valence-corrected chi connectivity index (χ0v) is 11.6. The van der Waals surface area contributed by atoms with Gasteiger partial charge in [0.15, 0.2) is 0 Å². The molecule has 0 saturated heterocycles. The Morgan fingerprint density at radius 1 is 0.950 bits per heavy atom. The van der Waals surface area contributed by atoms with E-state index in [0.717, 1.165) is 4.90 Å². The van der Waals surface area contributed by atoms with E-state index in [9.17, 15) is 19.2 Å². The number of urea groups is 1. The topological polar surface area (TPSA) is 136 Å². The van der Waals surface area contributed by atoms with Crippen LogP contribution in [0.15, 0.2) is 0 Å². The summed E-state index contributed by atoms with van der Waals surface area (Å²) in [6.07, 6.45) is 0. The Balaban J connectivity index is 4.41. The van der Waals surface area contributed by atoms with Gasteiger partial charge in [-0.1, -0.05) is 0 Å². The summed E-state index contributed by atoms with van der Waals surface area (Å²) in [5.41, 5.74) is -0.536. The van der Waals surface area contributed by atoms with Crippen LogP contribution < -0.4 is 10.6 Å². The number of hydrogen-bond donors (Lipinski definition) is 4. The van der Waals surface area contributed by atoms with Crippen molar-refractivity contribution in [1.82, 2.24) is 15.5 Å². The van der Waals surface area contributed by atoms with E-state index >= 15 is 0 Å². The molecule has 0 spiro atoms. The molecule has 9 heteroatoms. The van der Waals surface area contributed by atoms with Crippen molar-refractivity contribution in [2.45, 2.75) is 26.3 Å². The maximum absolute atomic E-state index is 11.5. The van der Waals surface area contributed by atoms with Gasteiger partial charge in [-0.05, 0) is 20.8 Å². The number of carbonyl (C=O) groups is 4. The fraction of sp³-hybridized carbons (Fsp3) is 0.636. The molecule has 9 nitrogen and oxygen atoms in total. The highest BCUT2D eigenvalue weighted by Crippen LogP contribution is 1.97. The van der Waals surface area contributed by atoms with Gasteiger partial charge in [-0.3, -0.25) is 24.6 Å². The van der Waals surface area contributed by atoms with Gasteiger partial charge in [0.1, 0.15) is 0 Å². The van der Waals surface area contributed by atoms with E-state index < -0.39 is 49.1 Å². The van der Waals surface area contributed by atoms with Crippen LogP contribution in [-0.2, 0) is 14.4 Å². The Kier molecular flexibility index (Phi) is 6.63. The highest BCUT2D eigenvalue weighted by molar-refractivity contribution is 5.95. The second-order valence-corrected chi connectivity index (χ2v) is 5.18. The summed E-state index contributed by atoms with van der Waals surface area (Å²) in [5, 5.41) is 21.7. The fourth-order valence-corrected chi connectivity index (χ4v) is 1.29. The lowest BCUT2D eigenvalue weighted by molar-refractivity contribution is -0.142. The van der Waals surface area contributed by atoms with E-state index in [-0.39, 0.29) is 0 Å². The van der Waals surface area contributed by atoms with Crippen LogP contribution in [0.3, 0.4) is 0 Å². The van der Waals surface area contributed by atoms with Gasteiger partial charge in [0.25, 0.3) is 0 Å². The van der Waals surface area contributed by atoms with Gasteiger partial charge in [0.05, 0.1) is 19.6 Å². The second-order valence-electron chi connectivity index (χ2n) is 5.18. The number of nitrogens with one attached hydrogen (secondary N) is 2. The first-order valence-corrected chi connectivity index (χ1v) is 5.77. The summed E-state index contributed by atoms with van der Waals surface area (Å²) in [6, 6.07) is -0.729. The molecular weight excluding hydrogens is 270 g/mol. The predicted octanol–water partition coefficient (Wildman–Crippen LogP) is -0.918.